The number of likely N-dealkylation sites (tertiary alicyclic amines) is 4. The average molecular weight is 1740 g/mol. The molecular weight excluding hydrogens is 1630 g/mol. The molecule has 0 aliphatic carbocycles. The van der Waals surface area contributed by atoms with Crippen LogP contribution >= 0.6 is 0 Å². The molecule has 33 nitrogen and oxygen atoms in total. The van der Waals surface area contributed by atoms with Crippen LogP contribution in [-0.4, -0.2) is 305 Å². The predicted molar refractivity (Wildman–Crippen MR) is 469 cm³/mol. The number of rotatable bonds is 28. The summed E-state index contributed by atoms with van der Waals surface area (Å²) in [5.41, 5.74) is 3.51. The summed E-state index contributed by atoms with van der Waals surface area (Å²) in [5.74, 6) is -4.40. The number of hydrogen-bond acceptors (Lipinski definition) is 29. The molecule has 4 saturated heterocycles. The van der Waals surface area contributed by atoms with Gasteiger partial charge in [-0.25, -0.2) is 0 Å². The SMILES string of the molecule is CO.COc1cccc(/C(O)=C2\C(=O)C(=O)N(CCN(C)C)C2c2ccc(O)c(OC)c2)c1.COc1cccc(/C(O)=C2\C(=O)C(=O)N(CCN(C)C)C2c2ccc(O)c(OC)c2)c1.COc1cccc(/C(O)=C2\C(=O)C(=O)N(CCN(C)C)C2c2ccc(O)c(OC)c2)c1.COc1cccc(/C(O)=C2\C(=O)C(=O)N(CCN(C)C)C2c2ccc(O)c(OC)c2)c1. The van der Waals surface area contributed by atoms with E-state index in [4.69, 9.17) is 43.0 Å². The lowest BCUT2D eigenvalue weighted by molar-refractivity contribution is -0.140. The van der Waals surface area contributed by atoms with Crippen molar-refractivity contribution in [3.8, 4) is 69.0 Å². The van der Waals surface area contributed by atoms with Crippen LogP contribution in [-0.2, 0) is 38.4 Å². The minimum Gasteiger partial charge on any atom is -0.507 e. The van der Waals surface area contributed by atoms with Gasteiger partial charge in [0.2, 0.25) is 0 Å². The Balaban J connectivity index is 0.000000207. The second kappa shape index (κ2) is 44.3. The number of aliphatic hydroxyl groups excluding tert-OH is 5. The van der Waals surface area contributed by atoms with Crippen molar-refractivity contribution in [2.24, 2.45) is 0 Å². The number of aromatic hydroxyl groups is 4. The summed E-state index contributed by atoms with van der Waals surface area (Å²) < 4.78 is 41.6. The van der Waals surface area contributed by atoms with Crippen molar-refractivity contribution in [3.63, 3.8) is 0 Å². The van der Waals surface area contributed by atoms with Gasteiger partial charge in [-0.1, -0.05) is 72.8 Å². The monoisotopic (exact) mass is 1740 g/mol. The third kappa shape index (κ3) is 22.3. The van der Waals surface area contributed by atoms with Crippen LogP contribution in [0.25, 0.3) is 23.0 Å². The molecule has 670 valence electrons. The maximum Gasteiger partial charge on any atom is 0.295 e. The Morgan fingerprint density at radius 2 is 0.460 bits per heavy atom. The molecule has 0 saturated carbocycles. The standard InChI is InChI=1S/4C23H26N2O6.CH4O/c4*1-24(2)10-11-25-20(14-8-9-17(26)18(13-14)31-4)19(22(28)23(25)29)21(27)15-6-5-7-16(12-15)30-3;1-2/h4*5-9,12-13,20,26-27H,10-11H2,1-4H3;2H,1H3/b4*21-19+;. The molecule has 4 atom stereocenters. The number of methoxy groups -OCH3 is 8. The molecule has 4 heterocycles. The van der Waals surface area contributed by atoms with Gasteiger partial charge in [0.05, 0.1) is 103 Å². The van der Waals surface area contributed by atoms with E-state index < -0.39 is 70.9 Å². The summed E-state index contributed by atoms with van der Waals surface area (Å²) in [6.45, 7) is 3.22. The summed E-state index contributed by atoms with van der Waals surface area (Å²) in [4.78, 5) is 117. The highest BCUT2D eigenvalue weighted by Gasteiger charge is 2.50. The first-order chi connectivity index (χ1) is 60.1. The van der Waals surface area contributed by atoms with Crippen molar-refractivity contribution < 1.29 is 122 Å². The minimum atomic E-state index is -0.833. The number of hydrogen-bond donors (Lipinski definition) is 9. The van der Waals surface area contributed by atoms with Crippen LogP contribution in [0, 0.1) is 0 Å². The molecule has 0 bridgehead atoms. The van der Waals surface area contributed by atoms with E-state index in [1.165, 1.54) is 101 Å². The zero-order valence-corrected chi connectivity index (χ0v) is 73.3. The van der Waals surface area contributed by atoms with Crippen molar-refractivity contribution in [1.82, 2.24) is 39.2 Å². The van der Waals surface area contributed by atoms with Crippen LogP contribution in [0.5, 0.6) is 69.0 Å². The number of ether oxygens (including phenoxy) is 8. The van der Waals surface area contributed by atoms with Crippen molar-refractivity contribution in [2.75, 3.05) is 173 Å². The Bertz CT molecular complexity index is 4780. The van der Waals surface area contributed by atoms with Gasteiger partial charge in [0.15, 0.2) is 46.0 Å². The highest BCUT2D eigenvalue weighted by atomic mass is 16.5. The van der Waals surface area contributed by atoms with Crippen molar-refractivity contribution in [3.05, 3.63) is 237 Å². The van der Waals surface area contributed by atoms with Gasteiger partial charge in [0, 0.05) is 81.7 Å². The minimum absolute atomic E-state index is 0.0234. The van der Waals surface area contributed by atoms with E-state index in [0.717, 1.165) is 7.11 Å². The van der Waals surface area contributed by atoms with E-state index in [0.29, 0.717) is 93.7 Å². The van der Waals surface area contributed by atoms with E-state index >= 15 is 0 Å². The Hall–Kier alpha value is -14.1. The number of benzene rings is 8. The zero-order chi connectivity index (χ0) is 92.8. The lowest BCUT2D eigenvalue weighted by Crippen LogP contribution is -2.35. The first-order valence-electron chi connectivity index (χ1n) is 39.3. The Kier molecular flexibility index (Phi) is 34.2. The fourth-order valence-corrected chi connectivity index (χ4v) is 14.2. The van der Waals surface area contributed by atoms with Gasteiger partial charge < -0.3 is 123 Å². The van der Waals surface area contributed by atoms with Crippen LogP contribution in [0.4, 0.5) is 0 Å². The molecule has 4 aliphatic heterocycles. The normalized spacial score (nSPS) is 17.7. The number of carbonyl (C=O) groups is 8. The highest BCUT2D eigenvalue weighted by molar-refractivity contribution is 6.48. The second-order valence-corrected chi connectivity index (χ2v) is 29.8. The third-order valence-corrected chi connectivity index (χ3v) is 20.8. The van der Waals surface area contributed by atoms with E-state index in [9.17, 15) is 79.2 Å². The van der Waals surface area contributed by atoms with Gasteiger partial charge in [-0.15, -0.1) is 0 Å². The molecule has 4 amide bonds. The lowest BCUT2D eigenvalue weighted by Gasteiger charge is -2.27. The molecule has 33 heteroatoms. The number of amides is 4. The van der Waals surface area contributed by atoms with E-state index in [2.05, 4.69) is 0 Å². The quantitative estimate of drug-likeness (QED) is 0.0125. The number of ketones is 4. The largest absolute Gasteiger partial charge is 0.507 e. The van der Waals surface area contributed by atoms with Gasteiger partial charge in [0.25, 0.3) is 46.8 Å². The molecule has 126 heavy (non-hydrogen) atoms. The maximum absolute atomic E-state index is 13.0. The van der Waals surface area contributed by atoms with E-state index in [1.807, 2.05) is 76.0 Å². The van der Waals surface area contributed by atoms with Crippen molar-refractivity contribution in [2.45, 2.75) is 24.2 Å². The molecule has 9 N–H and O–H groups in total. The molecule has 8 aromatic carbocycles. The van der Waals surface area contributed by atoms with Gasteiger partial charge in [0.1, 0.15) is 46.0 Å². The average Bonchev–Trinajstić information content (AvgIpc) is 1.63. The molecular formula is C93H108N8O25. The third-order valence-electron chi connectivity index (χ3n) is 20.8. The number of carbonyl (C=O) groups excluding carboxylic acids is 8. The molecule has 0 spiro atoms. The number of aliphatic hydroxyl groups is 5. The van der Waals surface area contributed by atoms with Crippen LogP contribution < -0.4 is 37.9 Å². The maximum atomic E-state index is 13.0. The molecule has 0 aromatic heterocycles. The van der Waals surface area contributed by atoms with Crippen LogP contribution in [0.1, 0.15) is 68.7 Å². The van der Waals surface area contributed by atoms with Crippen molar-refractivity contribution in [1.29, 1.82) is 0 Å². The van der Waals surface area contributed by atoms with E-state index in [1.54, 1.807) is 146 Å². The molecule has 4 fully saturated rings. The lowest BCUT2D eigenvalue weighted by atomic mass is 9.95. The smallest absolute Gasteiger partial charge is 0.295 e. The number of Topliss-reactive ketones (excluding diaryl/α,β-unsaturated/α-hetero) is 4. The van der Waals surface area contributed by atoms with Gasteiger partial charge in [-0.05, 0) is 176 Å². The van der Waals surface area contributed by atoms with E-state index in [-0.39, 0.29) is 118 Å². The summed E-state index contributed by atoms with van der Waals surface area (Å²) in [5, 5.41) is 91.2. The number of phenols is 4. The first kappa shape index (κ1) is 97.3. The summed E-state index contributed by atoms with van der Waals surface area (Å²) in [6.07, 6.45) is 0. The Morgan fingerprint density at radius 1 is 0.278 bits per heavy atom. The van der Waals surface area contributed by atoms with Gasteiger partial charge >= 0.3 is 0 Å². The summed E-state index contributed by atoms with van der Waals surface area (Å²) in [6, 6.07) is 41.6. The predicted octanol–water partition coefficient (Wildman–Crippen LogP) is 9.18. The molecule has 4 aliphatic rings. The fourth-order valence-electron chi connectivity index (χ4n) is 14.2. The zero-order valence-electron chi connectivity index (χ0n) is 73.3. The second-order valence-electron chi connectivity index (χ2n) is 29.8. The molecule has 8 aromatic rings. The summed E-state index contributed by atoms with van der Waals surface area (Å²) in [7, 11) is 27.6. The van der Waals surface area contributed by atoms with Crippen LogP contribution in [0.15, 0.2) is 192 Å². The van der Waals surface area contributed by atoms with Crippen molar-refractivity contribution >= 4 is 69.8 Å². The molecule has 4 unspecified atom stereocenters. The Morgan fingerprint density at radius 3 is 0.619 bits per heavy atom. The van der Waals surface area contributed by atoms with Gasteiger partial charge in [-0.2, -0.15) is 0 Å². The molecule has 12 rings (SSSR count). The number of phenolic OH excluding ortho intramolecular Hbond substituents is 4. The summed E-state index contributed by atoms with van der Waals surface area (Å²) >= 11 is 0. The Labute approximate surface area is 730 Å². The number of likely N-dealkylation sites (N-methyl/N-ethyl adjacent to an activating group) is 4. The van der Waals surface area contributed by atoms with Crippen LogP contribution in [0.2, 0.25) is 0 Å². The molecule has 0 radical (unpaired) electrons. The van der Waals surface area contributed by atoms with Gasteiger partial charge in [-0.3, -0.25) is 38.4 Å². The first-order valence-corrected chi connectivity index (χ1v) is 39.3. The number of nitrogens with zero attached hydrogens (tertiary/aromatic N) is 8. The fraction of sp³-hybridized carbons (Fsp3) is 0.312. The van der Waals surface area contributed by atoms with Crippen LogP contribution in [0.3, 0.4) is 0 Å². The highest BCUT2D eigenvalue weighted by Crippen LogP contribution is 2.48. The topological polar surface area (TPSA) is 418 Å².